The van der Waals surface area contributed by atoms with Crippen LogP contribution in [0.25, 0.3) is 0 Å². The van der Waals surface area contributed by atoms with Gasteiger partial charge in [-0.3, -0.25) is 19.7 Å². The fraction of sp³-hybridized carbons (Fsp3) is 0.500. The SMILES string of the molecule is COc1cc(C(=O)N2CCC(C(=O)O)C(C)C2)c([N+](=O)[O-])cc1OC(F)F. The van der Waals surface area contributed by atoms with Crippen LogP contribution in [0.2, 0.25) is 0 Å². The summed E-state index contributed by atoms with van der Waals surface area (Å²) in [6.07, 6.45) is 0.208. The van der Waals surface area contributed by atoms with E-state index >= 15 is 0 Å². The van der Waals surface area contributed by atoms with Gasteiger partial charge < -0.3 is 19.5 Å². The number of nitrogens with zero attached hydrogens (tertiary/aromatic N) is 2. The van der Waals surface area contributed by atoms with Gasteiger partial charge in [0.1, 0.15) is 5.56 Å². The maximum absolute atomic E-state index is 12.8. The van der Waals surface area contributed by atoms with Gasteiger partial charge in [0.15, 0.2) is 11.5 Å². The van der Waals surface area contributed by atoms with E-state index in [4.69, 9.17) is 9.84 Å². The van der Waals surface area contributed by atoms with E-state index < -0.39 is 40.8 Å². The van der Waals surface area contributed by atoms with Gasteiger partial charge in [0.05, 0.1) is 24.0 Å². The number of alkyl halides is 2. The zero-order valence-electron chi connectivity index (χ0n) is 14.6. The monoisotopic (exact) mass is 388 g/mol. The Bertz CT molecular complexity index is 757. The Morgan fingerprint density at radius 3 is 2.52 bits per heavy atom. The largest absolute Gasteiger partial charge is 0.493 e. The zero-order chi connectivity index (χ0) is 20.3. The summed E-state index contributed by atoms with van der Waals surface area (Å²) in [4.78, 5) is 35.7. The Morgan fingerprint density at radius 2 is 2.04 bits per heavy atom. The number of hydrogen-bond donors (Lipinski definition) is 1. The van der Waals surface area contributed by atoms with Crippen LogP contribution in [-0.2, 0) is 4.79 Å². The minimum absolute atomic E-state index is 0.102. The number of hydrogen-bond acceptors (Lipinski definition) is 6. The number of amides is 1. The lowest BCUT2D eigenvalue weighted by Gasteiger charge is -2.34. The third kappa shape index (κ3) is 4.41. The summed E-state index contributed by atoms with van der Waals surface area (Å²) in [5, 5.41) is 20.5. The molecule has 1 saturated heterocycles. The van der Waals surface area contributed by atoms with E-state index in [0.717, 1.165) is 13.2 Å². The highest BCUT2D eigenvalue weighted by atomic mass is 19.3. The first-order valence-corrected chi connectivity index (χ1v) is 7.99. The van der Waals surface area contributed by atoms with E-state index in [0.29, 0.717) is 6.07 Å². The molecule has 2 atom stereocenters. The Hall–Kier alpha value is -2.98. The van der Waals surface area contributed by atoms with E-state index in [2.05, 4.69) is 4.74 Å². The summed E-state index contributed by atoms with van der Waals surface area (Å²) in [6.45, 7) is -1.34. The number of piperidine rings is 1. The lowest BCUT2D eigenvalue weighted by molar-refractivity contribution is -0.385. The van der Waals surface area contributed by atoms with Crippen molar-refractivity contribution in [1.29, 1.82) is 0 Å². The normalized spacial score (nSPS) is 19.7. The van der Waals surface area contributed by atoms with Gasteiger partial charge in [-0.15, -0.1) is 0 Å². The first kappa shape index (κ1) is 20.3. The fourth-order valence-electron chi connectivity index (χ4n) is 3.09. The third-order valence-corrected chi connectivity index (χ3v) is 4.43. The van der Waals surface area contributed by atoms with Crippen molar-refractivity contribution in [2.75, 3.05) is 20.2 Å². The first-order valence-electron chi connectivity index (χ1n) is 7.99. The van der Waals surface area contributed by atoms with E-state index in [1.807, 2.05) is 0 Å². The molecule has 1 amide bonds. The molecular weight excluding hydrogens is 370 g/mol. The molecule has 0 aromatic heterocycles. The number of methoxy groups -OCH3 is 1. The van der Waals surface area contributed by atoms with Crippen molar-refractivity contribution in [3.8, 4) is 11.5 Å². The molecule has 1 aliphatic heterocycles. The Morgan fingerprint density at radius 1 is 1.37 bits per heavy atom. The fourth-order valence-corrected chi connectivity index (χ4v) is 3.09. The van der Waals surface area contributed by atoms with Gasteiger partial charge in [0, 0.05) is 19.2 Å². The summed E-state index contributed by atoms with van der Waals surface area (Å²) in [5.74, 6) is -3.44. The van der Waals surface area contributed by atoms with E-state index in [1.54, 1.807) is 6.92 Å². The minimum atomic E-state index is -3.23. The van der Waals surface area contributed by atoms with Crippen LogP contribution in [0.3, 0.4) is 0 Å². The summed E-state index contributed by atoms with van der Waals surface area (Å²) >= 11 is 0. The number of benzene rings is 1. The molecule has 0 spiro atoms. The average molecular weight is 388 g/mol. The summed E-state index contributed by atoms with van der Waals surface area (Å²) in [6, 6.07) is 1.69. The number of ether oxygens (including phenoxy) is 2. The number of nitro groups is 1. The van der Waals surface area contributed by atoms with E-state index in [-0.39, 0.29) is 36.7 Å². The van der Waals surface area contributed by atoms with Crippen molar-refractivity contribution in [2.24, 2.45) is 11.8 Å². The molecule has 1 heterocycles. The molecule has 1 fully saturated rings. The highest BCUT2D eigenvalue weighted by Crippen LogP contribution is 2.37. The summed E-state index contributed by atoms with van der Waals surface area (Å²) in [7, 11) is 1.15. The second kappa shape index (κ2) is 8.14. The number of carboxylic acids is 1. The smallest absolute Gasteiger partial charge is 0.387 e. The highest BCUT2D eigenvalue weighted by molar-refractivity contribution is 5.99. The van der Waals surface area contributed by atoms with Gasteiger partial charge in [-0.05, 0) is 12.3 Å². The Balaban J connectivity index is 2.37. The van der Waals surface area contributed by atoms with Gasteiger partial charge in [-0.1, -0.05) is 6.92 Å². The number of carboxylic acid groups (broad SMARTS) is 1. The van der Waals surface area contributed by atoms with Crippen LogP contribution in [0.4, 0.5) is 14.5 Å². The number of halogens is 2. The quantitative estimate of drug-likeness (QED) is 0.587. The van der Waals surface area contributed by atoms with Crippen molar-refractivity contribution in [3.63, 3.8) is 0 Å². The number of likely N-dealkylation sites (tertiary alicyclic amines) is 1. The van der Waals surface area contributed by atoms with Gasteiger partial charge in [0.25, 0.3) is 11.6 Å². The third-order valence-electron chi connectivity index (χ3n) is 4.43. The van der Waals surface area contributed by atoms with Crippen LogP contribution >= 0.6 is 0 Å². The molecule has 1 aromatic carbocycles. The van der Waals surface area contributed by atoms with Crippen LogP contribution in [0, 0.1) is 22.0 Å². The van der Waals surface area contributed by atoms with E-state index in [9.17, 15) is 28.5 Å². The van der Waals surface area contributed by atoms with Gasteiger partial charge >= 0.3 is 12.6 Å². The summed E-state index contributed by atoms with van der Waals surface area (Å²) < 4.78 is 34.1. The van der Waals surface area contributed by atoms with Crippen LogP contribution in [-0.4, -0.2) is 53.6 Å². The van der Waals surface area contributed by atoms with Gasteiger partial charge in [-0.2, -0.15) is 8.78 Å². The highest BCUT2D eigenvalue weighted by Gasteiger charge is 2.36. The van der Waals surface area contributed by atoms with Gasteiger partial charge in [0.2, 0.25) is 0 Å². The van der Waals surface area contributed by atoms with Crippen molar-refractivity contribution in [2.45, 2.75) is 20.0 Å². The van der Waals surface area contributed by atoms with Crippen molar-refractivity contribution in [1.82, 2.24) is 4.90 Å². The molecule has 1 N–H and O–H groups in total. The maximum atomic E-state index is 12.8. The molecule has 0 saturated carbocycles. The number of rotatable bonds is 6. The Kier molecular flexibility index (Phi) is 6.13. The number of aliphatic carboxylic acids is 1. The minimum Gasteiger partial charge on any atom is -0.493 e. The second-order valence-corrected chi connectivity index (χ2v) is 6.12. The number of carbonyl (C=O) groups excluding carboxylic acids is 1. The molecule has 1 aromatic rings. The predicted octanol–water partition coefficient (Wildman–Crippen LogP) is 2.39. The molecule has 0 radical (unpaired) electrons. The topological polar surface area (TPSA) is 119 Å². The summed E-state index contributed by atoms with van der Waals surface area (Å²) in [5.41, 5.74) is -1.05. The van der Waals surface area contributed by atoms with Crippen LogP contribution < -0.4 is 9.47 Å². The molecule has 9 nitrogen and oxygen atoms in total. The number of nitro benzene ring substituents is 1. The molecule has 2 rings (SSSR count). The Labute approximate surface area is 152 Å². The van der Waals surface area contributed by atoms with E-state index in [1.165, 1.54) is 4.90 Å². The standard InChI is InChI=1S/C16H18F2N2O7/c1-8-7-19(4-3-9(8)15(22)23)14(21)10-5-12(26-2)13(27-16(17)18)6-11(10)20(24)25/h5-6,8-9,16H,3-4,7H2,1-2H3,(H,22,23). The van der Waals surface area contributed by atoms with Crippen molar-refractivity contribution >= 4 is 17.6 Å². The predicted molar refractivity (Wildman–Crippen MR) is 87.1 cm³/mol. The van der Waals surface area contributed by atoms with Crippen LogP contribution in [0.15, 0.2) is 12.1 Å². The lowest BCUT2D eigenvalue weighted by atomic mass is 9.86. The molecule has 0 aliphatic carbocycles. The molecule has 27 heavy (non-hydrogen) atoms. The number of carbonyl (C=O) groups is 2. The molecular formula is C16H18F2N2O7. The molecule has 11 heteroatoms. The van der Waals surface area contributed by atoms with Crippen molar-refractivity contribution in [3.05, 3.63) is 27.8 Å². The van der Waals surface area contributed by atoms with Crippen LogP contribution in [0.1, 0.15) is 23.7 Å². The molecule has 0 bridgehead atoms. The zero-order valence-corrected chi connectivity index (χ0v) is 14.6. The average Bonchev–Trinajstić information content (AvgIpc) is 2.59. The van der Waals surface area contributed by atoms with Crippen molar-refractivity contribution < 1.29 is 37.9 Å². The van der Waals surface area contributed by atoms with Gasteiger partial charge in [-0.25, -0.2) is 0 Å². The van der Waals surface area contributed by atoms with Crippen LogP contribution in [0.5, 0.6) is 11.5 Å². The molecule has 2 unspecified atom stereocenters. The molecule has 1 aliphatic rings. The lowest BCUT2D eigenvalue weighted by Crippen LogP contribution is -2.45. The molecule has 148 valence electrons. The second-order valence-electron chi connectivity index (χ2n) is 6.12. The first-order chi connectivity index (χ1) is 12.6. The maximum Gasteiger partial charge on any atom is 0.387 e.